The van der Waals surface area contributed by atoms with E-state index in [-0.39, 0.29) is 11.2 Å². The summed E-state index contributed by atoms with van der Waals surface area (Å²) in [6, 6.07) is 7.90. The lowest BCUT2D eigenvalue weighted by Gasteiger charge is -2.28. The fraction of sp³-hybridized carbons (Fsp3) is 0.357. The number of benzene rings is 1. The zero-order chi connectivity index (χ0) is 11.3. The summed E-state index contributed by atoms with van der Waals surface area (Å²) in [5.74, 6) is 0.725. The predicted octanol–water partition coefficient (Wildman–Crippen LogP) is 3.69. The fourth-order valence-corrected chi connectivity index (χ4v) is 2.58. The van der Waals surface area contributed by atoms with Crippen LogP contribution < -0.4 is 0 Å². The Hall–Kier alpha value is -1.57. The minimum atomic E-state index is 0.0375. The standard InChI is InChI=1S/C14H14O2/c1-14(2)8-7-10(15)13-12(14)9-5-3-4-6-11(9)16-13/h3-6H,7-8H2,1-2H3. The summed E-state index contributed by atoms with van der Waals surface area (Å²) < 4.78 is 5.69. The molecule has 0 amide bonds. The van der Waals surface area contributed by atoms with E-state index in [9.17, 15) is 4.79 Å². The van der Waals surface area contributed by atoms with Crippen molar-refractivity contribution in [1.82, 2.24) is 0 Å². The molecule has 2 aromatic rings. The normalized spacial score (nSPS) is 18.8. The predicted molar refractivity (Wildman–Crippen MR) is 62.8 cm³/mol. The first kappa shape index (κ1) is 9.64. The van der Waals surface area contributed by atoms with Gasteiger partial charge in [-0.25, -0.2) is 0 Å². The number of para-hydroxylation sites is 1. The molecular weight excluding hydrogens is 200 g/mol. The highest BCUT2D eigenvalue weighted by molar-refractivity contribution is 6.02. The lowest BCUT2D eigenvalue weighted by Crippen LogP contribution is -2.25. The molecule has 0 spiro atoms. The van der Waals surface area contributed by atoms with Crippen LogP contribution in [0.2, 0.25) is 0 Å². The highest BCUT2D eigenvalue weighted by atomic mass is 16.3. The Kier molecular flexibility index (Phi) is 1.79. The van der Waals surface area contributed by atoms with E-state index in [0.717, 1.165) is 23.0 Å². The number of fused-ring (bicyclic) bond motifs is 3. The number of hydrogen-bond donors (Lipinski definition) is 0. The van der Waals surface area contributed by atoms with E-state index >= 15 is 0 Å². The number of ketones is 1. The van der Waals surface area contributed by atoms with Crippen molar-refractivity contribution in [2.75, 3.05) is 0 Å². The molecule has 16 heavy (non-hydrogen) atoms. The van der Waals surface area contributed by atoms with Crippen LogP contribution in [0, 0.1) is 0 Å². The van der Waals surface area contributed by atoms with Crippen LogP contribution in [0.25, 0.3) is 11.0 Å². The summed E-state index contributed by atoms with van der Waals surface area (Å²) >= 11 is 0. The molecule has 0 N–H and O–H groups in total. The van der Waals surface area contributed by atoms with Crippen molar-refractivity contribution < 1.29 is 9.21 Å². The van der Waals surface area contributed by atoms with Crippen LogP contribution in [0.3, 0.4) is 0 Å². The fourth-order valence-electron chi connectivity index (χ4n) is 2.58. The van der Waals surface area contributed by atoms with Crippen molar-refractivity contribution in [3.05, 3.63) is 35.6 Å². The number of hydrogen-bond acceptors (Lipinski definition) is 2. The van der Waals surface area contributed by atoms with Gasteiger partial charge in [-0.3, -0.25) is 4.79 Å². The first-order valence-corrected chi connectivity index (χ1v) is 5.65. The first-order chi connectivity index (χ1) is 7.59. The zero-order valence-electron chi connectivity index (χ0n) is 9.54. The van der Waals surface area contributed by atoms with E-state index in [2.05, 4.69) is 13.8 Å². The van der Waals surface area contributed by atoms with E-state index in [1.54, 1.807) is 0 Å². The highest BCUT2D eigenvalue weighted by Crippen LogP contribution is 2.42. The SMILES string of the molecule is CC1(C)CCC(=O)c2oc3ccccc3c21. The van der Waals surface area contributed by atoms with Gasteiger partial charge in [-0.05, 0) is 17.9 Å². The Morgan fingerprint density at radius 2 is 2.00 bits per heavy atom. The van der Waals surface area contributed by atoms with E-state index in [4.69, 9.17) is 4.42 Å². The average molecular weight is 214 g/mol. The number of furan rings is 1. The molecule has 0 bridgehead atoms. The average Bonchev–Trinajstić information content (AvgIpc) is 2.65. The van der Waals surface area contributed by atoms with Gasteiger partial charge in [0.15, 0.2) is 11.5 Å². The van der Waals surface area contributed by atoms with Crippen molar-refractivity contribution in [3.8, 4) is 0 Å². The molecule has 0 unspecified atom stereocenters. The minimum Gasteiger partial charge on any atom is -0.453 e. The molecule has 0 atom stereocenters. The van der Waals surface area contributed by atoms with Gasteiger partial charge in [-0.15, -0.1) is 0 Å². The van der Waals surface area contributed by atoms with Gasteiger partial charge in [0.05, 0.1) is 0 Å². The Morgan fingerprint density at radius 1 is 1.25 bits per heavy atom. The summed E-state index contributed by atoms with van der Waals surface area (Å²) in [5, 5.41) is 1.09. The van der Waals surface area contributed by atoms with E-state index in [1.165, 1.54) is 0 Å². The van der Waals surface area contributed by atoms with Gasteiger partial charge in [0, 0.05) is 17.4 Å². The molecule has 1 aliphatic carbocycles. The monoisotopic (exact) mass is 214 g/mol. The smallest absolute Gasteiger partial charge is 0.198 e. The number of carbonyl (C=O) groups is 1. The molecule has 82 valence electrons. The maximum atomic E-state index is 11.8. The second-order valence-corrected chi connectivity index (χ2v) is 5.11. The Labute approximate surface area is 94.3 Å². The van der Waals surface area contributed by atoms with Crippen molar-refractivity contribution in [1.29, 1.82) is 0 Å². The van der Waals surface area contributed by atoms with Crippen molar-refractivity contribution in [2.45, 2.75) is 32.1 Å². The zero-order valence-corrected chi connectivity index (χ0v) is 9.54. The van der Waals surface area contributed by atoms with Gasteiger partial charge < -0.3 is 4.42 Å². The Morgan fingerprint density at radius 3 is 2.81 bits per heavy atom. The van der Waals surface area contributed by atoms with Crippen LogP contribution in [0.15, 0.2) is 28.7 Å². The Bertz CT molecular complexity index is 575. The summed E-state index contributed by atoms with van der Waals surface area (Å²) in [5.41, 5.74) is 1.96. The van der Waals surface area contributed by atoms with Crippen molar-refractivity contribution in [3.63, 3.8) is 0 Å². The van der Waals surface area contributed by atoms with Crippen molar-refractivity contribution in [2.24, 2.45) is 0 Å². The maximum absolute atomic E-state index is 11.8. The summed E-state index contributed by atoms with van der Waals surface area (Å²) in [7, 11) is 0. The third kappa shape index (κ3) is 1.16. The first-order valence-electron chi connectivity index (χ1n) is 5.65. The van der Waals surface area contributed by atoms with Crippen LogP contribution in [0.1, 0.15) is 42.8 Å². The summed E-state index contributed by atoms with van der Waals surface area (Å²) in [6.07, 6.45) is 1.50. The van der Waals surface area contributed by atoms with Gasteiger partial charge in [0.1, 0.15) is 5.58 Å². The van der Waals surface area contributed by atoms with E-state index in [0.29, 0.717) is 12.2 Å². The minimum absolute atomic E-state index is 0.0375. The highest BCUT2D eigenvalue weighted by Gasteiger charge is 2.36. The second kappa shape index (κ2) is 2.97. The topological polar surface area (TPSA) is 30.2 Å². The quantitative estimate of drug-likeness (QED) is 0.669. The van der Waals surface area contributed by atoms with Crippen LogP contribution in [0.5, 0.6) is 0 Å². The molecule has 0 fully saturated rings. The van der Waals surface area contributed by atoms with Gasteiger partial charge in [0.25, 0.3) is 0 Å². The Balaban J connectivity index is 2.42. The third-order valence-corrected chi connectivity index (χ3v) is 3.50. The largest absolute Gasteiger partial charge is 0.453 e. The molecule has 1 aromatic heterocycles. The molecular formula is C14H14O2. The molecule has 0 saturated carbocycles. The summed E-state index contributed by atoms with van der Waals surface area (Å²) in [4.78, 5) is 11.8. The van der Waals surface area contributed by atoms with Gasteiger partial charge >= 0.3 is 0 Å². The van der Waals surface area contributed by atoms with Crippen LogP contribution >= 0.6 is 0 Å². The molecule has 1 aliphatic rings. The maximum Gasteiger partial charge on any atom is 0.198 e. The third-order valence-electron chi connectivity index (χ3n) is 3.50. The lowest BCUT2D eigenvalue weighted by atomic mass is 9.74. The van der Waals surface area contributed by atoms with E-state index < -0.39 is 0 Å². The molecule has 3 rings (SSSR count). The molecule has 1 aromatic carbocycles. The van der Waals surface area contributed by atoms with E-state index in [1.807, 2.05) is 24.3 Å². The van der Waals surface area contributed by atoms with Gasteiger partial charge in [-0.1, -0.05) is 32.0 Å². The van der Waals surface area contributed by atoms with Crippen molar-refractivity contribution >= 4 is 16.8 Å². The summed E-state index contributed by atoms with van der Waals surface area (Å²) in [6.45, 7) is 4.36. The molecule has 0 radical (unpaired) electrons. The van der Waals surface area contributed by atoms with Crippen LogP contribution in [-0.2, 0) is 5.41 Å². The molecule has 2 nitrogen and oxygen atoms in total. The number of carbonyl (C=O) groups excluding carboxylic acids is 1. The number of Topliss-reactive ketones (excluding diaryl/α,β-unsaturated/α-hetero) is 1. The molecule has 2 heteroatoms. The lowest BCUT2D eigenvalue weighted by molar-refractivity contribution is 0.0928. The van der Waals surface area contributed by atoms with Crippen LogP contribution in [0.4, 0.5) is 0 Å². The molecule has 0 aliphatic heterocycles. The van der Waals surface area contributed by atoms with Crippen LogP contribution in [-0.4, -0.2) is 5.78 Å². The van der Waals surface area contributed by atoms with Gasteiger partial charge in [-0.2, -0.15) is 0 Å². The van der Waals surface area contributed by atoms with Gasteiger partial charge in [0.2, 0.25) is 0 Å². The molecule has 0 saturated heterocycles. The second-order valence-electron chi connectivity index (χ2n) is 5.11. The molecule has 1 heterocycles. The number of rotatable bonds is 0.